The Morgan fingerprint density at radius 1 is 1.19 bits per heavy atom. The number of hydrogen-bond acceptors (Lipinski definition) is 5. The highest BCUT2D eigenvalue weighted by molar-refractivity contribution is 7.14. The number of carbonyl (C=O) groups is 1. The molecular formula is C19H25N3O3S. The number of aryl methyl sites for hydroxylation is 3. The molecule has 1 amide bonds. The van der Waals surface area contributed by atoms with E-state index < -0.39 is 6.10 Å². The maximum absolute atomic E-state index is 13.1. The monoisotopic (exact) mass is 375 g/mol. The van der Waals surface area contributed by atoms with Gasteiger partial charge in [0.25, 0.3) is 5.91 Å². The number of aliphatic hydroxyl groups is 2. The fraction of sp³-hybridized carbons (Fsp3) is 0.579. The largest absolute Gasteiger partial charge is 0.393 e. The second-order valence-electron chi connectivity index (χ2n) is 7.18. The number of amides is 1. The number of nitrogens with zero attached hydrogens (tertiary/aromatic N) is 3. The third-order valence-electron chi connectivity index (χ3n) is 5.29. The van der Waals surface area contributed by atoms with E-state index >= 15 is 0 Å². The van der Waals surface area contributed by atoms with Crippen LogP contribution in [0.25, 0.3) is 0 Å². The number of carbonyl (C=O) groups excluding carboxylic acids is 1. The maximum Gasteiger partial charge on any atom is 0.264 e. The number of aromatic nitrogens is 2. The van der Waals surface area contributed by atoms with Gasteiger partial charge in [-0.2, -0.15) is 5.10 Å². The highest BCUT2D eigenvalue weighted by atomic mass is 32.1. The molecule has 1 aliphatic heterocycles. The minimum atomic E-state index is -0.966. The Hall–Kier alpha value is -1.70. The van der Waals surface area contributed by atoms with Crippen molar-refractivity contribution in [2.45, 2.75) is 57.7 Å². The summed E-state index contributed by atoms with van der Waals surface area (Å²) in [5, 5.41) is 23.3. The van der Waals surface area contributed by atoms with Crippen molar-refractivity contribution in [3.63, 3.8) is 0 Å². The topological polar surface area (TPSA) is 78.6 Å². The van der Waals surface area contributed by atoms with Crippen LogP contribution >= 0.6 is 11.3 Å². The lowest BCUT2D eigenvalue weighted by molar-refractivity contribution is 0.0750. The van der Waals surface area contributed by atoms with Crippen molar-refractivity contribution in [2.75, 3.05) is 13.2 Å². The van der Waals surface area contributed by atoms with E-state index in [0.29, 0.717) is 18.8 Å². The summed E-state index contributed by atoms with van der Waals surface area (Å²) >= 11 is 1.67. The van der Waals surface area contributed by atoms with Crippen molar-refractivity contribution in [3.8, 4) is 0 Å². The molecule has 0 saturated heterocycles. The molecule has 4 rings (SSSR count). The van der Waals surface area contributed by atoms with Gasteiger partial charge in [0.2, 0.25) is 0 Å². The van der Waals surface area contributed by atoms with Crippen molar-refractivity contribution in [1.29, 1.82) is 0 Å². The summed E-state index contributed by atoms with van der Waals surface area (Å²) < 4.78 is 1.85. The number of hydrogen-bond donors (Lipinski definition) is 2. The number of aliphatic hydroxyl groups excluding tert-OH is 2. The number of rotatable bonds is 3. The summed E-state index contributed by atoms with van der Waals surface area (Å²) in [6.45, 7) is 1.58. The van der Waals surface area contributed by atoms with Crippen molar-refractivity contribution in [2.24, 2.45) is 0 Å². The van der Waals surface area contributed by atoms with Gasteiger partial charge in [0, 0.05) is 18.0 Å². The van der Waals surface area contributed by atoms with Gasteiger partial charge in [0.05, 0.1) is 29.4 Å². The fourth-order valence-electron chi connectivity index (χ4n) is 3.84. The lowest BCUT2D eigenvalue weighted by atomic mass is 10.1. The normalized spacial score (nSPS) is 18.6. The molecule has 0 fully saturated rings. The molecule has 0 radical (unpaired) electrons. The average molecular weight is 375 g/mol. The summed E-state index contributed by atoms with van der Waals surface area (Å²) in [4.78, 5) is 17.2. The van der Waals surface area contributed by atoms with Gasteiger partial charge in [-0.05, 0) is 49.8 Å². The molecule has 2 aromatic rings. The van der Waals surface area contributed by atoms with E-state index in [1.807, 2.05) is 9.58 Å². The van der Waals surface area contributed by atoms with Crippen LogP contribution in [-0.2, 0) is 25.9 Å². The summed E-state index contributed by atoms with van der Waals surface area (Å²) in [5.74, 6) is 0.0991. The van der Waals surface area contributed by atoms with E-state index in [2.05, 4.69) is 11.2 Å². The van der Waals surface area contributed by atoms with Crippen molar-refractivity contribution < 1.29 is 15.0 Å². The summed E-state index contributed by atoms with van der Waals surface area (Å²) in [6.07, 6.45) is 5.78. The predicted octanol–water partition coefficient (Wildman–Crippen LogP) is 2.29. The Morgan fingerprint density at radius 2 is 2.04 bits per heavy atom. The summed E-state index contributed by atoms with van der Waals surface area (Å²) in [7, 11) is 0. The zero-order chi connectivity index (χ0) is 18.1. The number of fused-ring (bicyclic) bond motifs is 2. The first-order chi connectivity index (χ1) is 12.7. The highest BCUT2D eigenvalue weighted by Gasteiger charge is 2.25. The van der Waals surface area contributed by atoms with Crippen LogP contribution < -0.4 is 0 Å². The standard InChI is InChI=1S/C19H25N3O3S/c23-12-16(24)15-10-14-11-21(7-4-8-22(14)20-15)19(25)18-9-13-5-2-1-3-6-17(13)26-18/h9-10,16,23-24H,1-8,11-12H2/t16-/m0/s1. The molecule has 0 spiro atoms. The van der Waals surface area contributed by atoms with Gasteiger partial charge in [-0.3, -0.25) is 9.48 Å². The van der Waals surface area contributed by atoms with Gasteiger partial charge in [-0.1, -0.05) is 6.42 Å². The van der Waals surface area contributed by atoms with Gasteiger partial charge >= 0.3 is 0 Å². The molecule has 0 saturated carbocycles. The molecule has 6 nitrogen and oxygen atoms in total. The van der Waals surface area contributed by atoms with Gasteiger partial charge in [0.1, 0.15) is 6.10 Å². The molecule has 26 heavy (non-hydrogen) atoms. The van der Waals surface area contributed by atoms with Crippen molar-refractivity contribution in [3.05, 3.63) is 38.8 Å². The molecule has 0 aromatic carbocycles. The Bertz CT molecular complexity index is 775. The van der Waals surface area contributed by atoms with Crippen LogP contribution in [0.4, 0.5) is 0 Å². The van der Waals surface area contributed by atoms with Gasteiger partial charge in [0.15, 0.2) is 0 Å². The van der Waals surface area contributed by atoms with E-state index in [1.54, 1.807) is 17.4 Å². The molecule has 140 valence electrons. The molecule has 2 aromatic heterocycles. The Morgan fingerprint density at radius 3 is 2.88 bits per heavy atom. The smallest absolute Gasteiger partial charge is 0.264 e. The lowest BCUT2D eigenvalue weighted by Gasteiger charge is -2.19. The second-order valence-corrected chi connectivity index (χ2v) is 8.32. The molecular weight excluding hydrogens is 350 g/mol. The first-order valence-electron chi connectivity index (χ1n) is 9.42. The zero-order valence-electron chi connectivity index (χ0n) is 14.9. The maximum atomic E-state index is 13.1. The van der Waals surface area contributed by atoms with Crippen LogP contribution in [0.1, 0.15) is 63.3 Å². The minimum absolute atomic E-state index is 0.0991. The Balaban J connectivity index is 1.54. The van der Waals surface area contributed by atoms with Crippen LogP contribution in [-0.4, -0.2) is 44.0 Å². The summed E-state index contributed by atoms with van der Waals surface area (Å²) in [5.41, 5.74) is 2.75. The lowest BCUT2D eigenvalue weighted by Crippen LogP contribution is -2.30. The second kappa shape index (κ2) is 7.50. The SMILES string of the molecule is O=C(c1cc2c(s1)CCCCC2)N1CCCn2nc([C@@H](O)CO)cc2C1. The van der Waals surface area contributed by atoms with E-state index in [-0.39, 0.29) is 12.5 Å². The van der Waals surface area contributed by atoms with E-state index in [1.165, 1.54) is 29.7 Å². The Kier molecular flexibility index (Phi) is 5.11. The molecule has 2 aliphatic rings. The van der Waals surface area contributed by atoms with Gasteiger partial charge < -0.3 is 15.1 Å². The quantitative estimate of drug-likeness (QED) is 0.807. The minimum Gasteiger partial charge on any atom is -0.393 e. The molecule has 0 bridgehead atoms. The zero-order valence-corrected chi connectivity index (χ0v) is 15.7. The fourth-order valence-corrected chi connectivity index (χ4v) is 5.06. The van der Waals surface area contributed by atoms with E-state index in [4.69, 9.17) is 5.11 Å². The summed E-state index contributed by atoms with van der Waals surface area (Å²) in [6, 6.07) is 3.91. The molecule has 3 heterocycles. The molecule has 0 unspecified atom stereocenters. The van der Waals surface area contributed by atoms with Crippen molar-refractivity contribution >= 4 is 17.2 Å². The molecule has 1 atom stereocenters. The Labute approximate surface area is 157 Å². The highest BCUT2D eigenvalue weighted by Crippen LogP contribution is 2.30. The van der Waals surface area contributed by atoms with Crippen LogP contribution in [0.15, 0.2) is 12.1 Å². The third kappa shape index (κ3) is 3.43. The van der Waals surface area contributed by atoms with Crippen molar-refractivity contribution in [1.82, 2.24) is 14.7 Å². The van der Waals surface area contributed by atoms with Gasteiger partial charge in [-0.25, -0.2) is 0 Å². The van der Waals surface area contributed by atoms with Crippen LogP contribution in [0.5, 0.6) is 0 Å². The van der Waals surface area contributed by atoms with Crippen LogP contribution in [0.3, 0.4) is 0 Å². The van der Waals surface area contributed by atoms with E-state index in [0.717, 1.165) is 36.4 Å². The average Bonchev–Trinajstić information content (AvgIpc) is 3.10. The molecule has 2 N–H and O–H groups in total. The van der Waals surface area contributed by atoms with Gasteiger partial charge in [-0.15, -0.1) is 11.3 Å². The predicted molar refractivity (Wildman–Crippen MR) is 99.2 cm³/mol. The first kappa shape index (κ1) is 17.7. The van der Waals surface area contributed by atoms with Crippen LogP contribution in [0.2, 0.25) is 0 Å². The molecule has 7 heteroatoms. The number of thiophene rings is 1. The van der Waals surface area contributed by atoms with Crippen LogP contribution in [0, 0.1) is 0 Å². The third-order valence-corrected chi connectivity index (χ3v) is 6.52. The first-order valence-corrected chi connectivity index (χ1v) is 10.2. The van der Waals surface area contributed by atoms with E-state index in [9.17, 15) is 9.90 Å². The molecule has 1 aliphatic carbocycles.